The topological polar surface area (TPSA) is 71.7 Å². The first-order valence-corrected chi connectivity index (χ1v) is 9.53. The van der Waals surface area contributed by atoms with Crippen molar-refractivity contribution in [2.75, 3.05) is 38.0 Å². The summed E-state index contributed by atoms with van der Waals surface area (Å²) < 4.78 is 0. The van der Waals surface area contributed by atoms with E-state index >= 15 is 0 Å². The maximum atomic E-state index is 10.1. The molecule has 7 heteroatoms. The van der Waals surface area contributed by atoms with E-state index in [2.05, 4.69) is 9.98 Å². The number of hydrogen-bond donors (Lipinski definition) is 2. The average molecular weight is 598 g/mol. The van der Waals surface area contributed by atoms with Crippen molar-refractivity contribution in [1.29, 1.82) is 0 Å². The normalized spacial score (nSPS) is 11.0. The minimum Gasteiger partial charge on any atom is -0.507 e. The number of hydrogen-bond acceptors (Lipinski definition) is 6. The van der Waals surface area contributed by atoms with Crippen LogP contribution in [0.1, 0.15) is 11.1 Å². The SMILES string of the molecule is CN(C)c1ccc(O)c(C=Nc2ccccc2N=Cc2cc(N(C)C)ccc2O)c1.[Pt]. The van der Waals surface area contributed by atoms with Gasteiger partial charge in [0.15, 0.2) is 0 Å². The second kappa shape index (κ2) is 10.8. The van der Waals surface area contributed by atoms with Crippen molar-refractivity contribution in [3.63, 3.8) is 0 Å². The van der Waals surface area contributed by atoms with Crippen LogP contribution in [0, 0.1) is 0 Å². The number of benzene rings is 3. The average Bonchev–Trinajstić information content (AvgIpc) is 2.72. The Hall–Kier alpha value is -3.11. The Morgan fingerprint density at radius 1 is 0.645 bits per heavy atom. The summed E-state index contributed by atoms with van der Waals surface area (Å²) >= 11 is 0. The zero-order valence-electron chi connectivity index (χ0n) is 17.9. The van der Waals surface area contributed by atoms with Crippen LogP contribution >= 0.6 is 0 Å². The van der Waals surface area contributed by atoms with E-state index in [1.807, 2.05) is 86.5 Å². The van der Waals surface area contributed by atoms with Gasteiger partial charge in [-0.15, -0.1) is 0 Å². The van der Waals surface area contributed by atoms with Gasteiger partial charge >= 0.3 is 0 Å². The fraction of sp³-hybridized carbons (Fsp3) is 0.167. The smallest absolute Gasteiger partial charge is 0.124 e. The Morgan fingerprint density at radius 2 is 1.03 bits per heavy atom. The molecule has 6 nitrogen and oxygen atoms in total. The Labute approximate surface area is 197 Å². The summed E-state index contributed by atoms with van der Waals surface area (Å²) in [6.45, 7) is 0. The van der Waals surface area contributed by atoms with E-state index in [9.17, 15) is 10.2 Å². The third-order valence-electron chi connectivity index (χ3n) is 4.62. The summed E-state index contributed by atoms with van der Waals surface area (Å²) in [5.41, 5.74) is 4.50. The van der Waals surface area contributed by atoms with Gasteiger partial charge in [0.05, 0.1) is 11.4 Å². The number of phenolic OH excluding ortho intramolecular Hbond substituents is 2. The first-order valence-electron chi connectivity index (χ1n) is 9.53. The predicted molar refractivity (Wildman–Crippen MR) is 126 cm³/mol. The molecule has 0 saturated carbocycles. The third kappa shape index (κ3) is 6.19. The van der Waals surface area contributed by atoms with E-state index in [0.717, 1.165) is 11.4 Å². The van der Waals surface area contributed by atoms with Crippen LogP contribution < -0.4 is 9.80 Å². The summed E-state index contributed by atoms with van der Waals surface area (Å²) in [7, 11) is 7.77. The van der Waals surface area contributed by atoms with Gasteiger partial charge in [-0.25, -0.2) is 0 Å². The molecule has 3 rings (SSSR count). The molecule has 0 aliphatic heterocycles. The van der Waals surface area contributed by atoms with Crippen molar-refractivity contribution in [2.45, 2.75) is 0 Å². The molecule has 0 aromatic heterocycles. The van der Waals surface area contributed by atoms with Crippen LogP contribution in [-0.2, 0) is 21.1 Å². The van der Waals surface area contributed by atoms with Gasteiger partial charge in [-0.2, -0.15) is 0 Å². The molecule has 0 fully saturated rings. The second-order valence-corrected chi connectivity index (χ2v) is 7.28. The molecule has 0 radical (unpaired) electrons. The number of anilines is 2. The van der Waals surface area contributed by atoms with Gasteiger partial charge in [0.25, 0.3) is 0 Å². The molecule has 0 aliphatic rings. The van der Waals surface area contributed by atoms with Crippen molar-refractivity contribution in [2.24, 2.45) is 9.98 Å². The summed E-state index contributed by atoms with van der Waals surface area (Å²) in [6.07, 6.45) is 3.25. The quantitative estimate of drug-likeness (QED) is 0.404. The molecule has 0 spiro atoms. The van der Waals surface area contributed by atoms with Crippen molar-refractivity contribution in [3.8, 4) is 11.5 Å². The number of aliphatic imine (C=N–C) groups is 2. The first-order chi connectivity index (χ1) is 14.3. The van der Waals surface area contributed by atoms with E-state index in [1.54, 1.807) is 24.6 Å². The molecular formula is C24H26N4O2Pt. The van der Waals surface area contributed by atoms with Crippen LogP contribution in [0.2, 0.25) is 0 Å². The Balaban J connectivity index is 0.00000341. The number of para-hydroxylation sites is 2. The van der Waals surface area contributed by atoms with Crippen molar-refractivity contribution >= 4 is 35.2 Å². The van der Waals surface area contributed by atoms with Crippen LogP contribution in [0.25, 0.3) is 0 Å². The third-order valence-corrected chi connectivity index (χ3v) is 4.62. The monoisotopic (exact) mass is 597 g/mol. The van der Waals surface area contributed by atoms with Crippen molar-refractivity contribution < 1.29 is 31.3 Å². The van der Waals surface area contributed by atoms with E-state index in [1.165, 1.54) is 0 Å². The molecule has 0 aliphatic carbocycles. The van der Waals surface area contributed by atoms with Crippen molar-refractivity contribution in [3.05, 3.63) is 71.8 Å². The summed E-state index contributed by atoms with van der Waals surface area (Å²) in [5.74, 6) is 0.325. The predicted octanol–water partition coefficient (Wildman–Crippen LogP) is 4.73. The van der Waals surface area contributed by atoms with E-state index in [0.29, 0.717) is 22.5 Å². The Kier molecular flexibility index (Phi) is 8.40. The fourth-order valence-corrected chi connectivity index (χ4v) is 2.81. The molecule has 0 saturated heterocycles. The molecule has 2 N–H and O–H groups in total. The van der Waals surface area contributed by atoms with E-state index < -0.39 is 0 Å². The zero-order chi connectivity index (χ0) is 21.7. The fourth-order valence-electron chi connectivity index (χ4n) is 2.81. The number of nitrogens with zero attached hydrogens (tertiary/aromatic N) is 4. The van der Waals surface area contributed by atoms with Gasteiger partial charge in [0, 0.05) is 84.2 Å². The second-order valence-electron chi connectivity index (χ2n) is 7.28. The van der Waals surface area contributed by atoms with Gasteiger partial charge in [0.2, 0.25) is 0 Å². The summed E-state index contributed by atoms with van der Waals surface area (Å²) in [4.78, 5) is 13.0. The van der Waals surface area contributed by atoms with Crippen molar-refractivity contribution in [1.82, 2.24) is 0 Å². The molecule has 0 bridgehead atoms. The summed E-state index contributed by atoms with van der Waals surface area (Å²) in [6, 6.07) is 18.2. The standard InChI is InChI=1S/C24H26N4O2.Pt/c1-27(2)19-9-11-23(29)17(13-19)15-25-21-7-5-6-8-22(21)26-16-18-14-20(28(3)4)10-12-24(18)30;/h5-16,29-30H,1-4H3;. The maximum absolute atomic E-state index is 10.1. The minimum absolute atomic E-state index is 0. The van der Waals surface area contributed by atoms with Crippen LogP contribution in [0.5, 0.6) is 11.5 Å². The molecule has 0 atom stereocenters. The van der Waals surface area contributed by atoms with E-state index in [-0.39, 0.29) is 32.6 Å². The molecule has 164 valence electrons. The maximum Gasteiger partial charge on any atom is 0.124 e. The molecule has 0 unspecified atom stereocenters. The Morgan fingerprint density at radius 3 is 1.39 bits per heavy atom. The van der Waals surface area contributed by atoms with Gasteiger partial charge in [-0.1, -0.05) is 12.1 Å². The molecule has 31 heavy (non-hydrogen) atoms. The Bertz CT molecular complexity index is 1010. The number of phenols is 2. The molecule has 0 amide bonds. The van der Waals surface area contributed by atoms with Crippen LogP contribution in [0.4, 0.5) is 22.7 Å². The van der Waals surface area contributed by atoms with Gasteiger partial charge in [-0.3, -0.25) is 9.98 Å². The first kappa shape index (κ1) is 24.2. The molecule has 3 aromatic rings. The largest absolute Gasteiger partial charge is 0.507 e. The van der Waals surface area contributed by atoms with Crippen LogP contribution in [-0.4, -0.2) is 50.8 Å². The number of aromatic hydroxyl groups is 2. The minimum atomic E-state index is 0. The van der Waals surface area contributed by atoms with Gasteiger partial charge in [-0.05, 0) is 48.5 Å². The van der Waals surface area contributed by atoms with Gasteiger partial charge < -0.3 is 20.0 Å². The van der Waals surface area contributed by atoms with Gasteiger partial charge in [0.1, 0.15) is 11.5 Å². The summed E-state index contributed by atoms with van der Waals surface area (Å²) in [5, 5.41) is 20.3. The molecular weight excluding hydrogens is 571 g/mol. The van der Waals surface area contributed by atoms with E-state index in [4.69, 9.17) is 0 Å². The molecule has 0 heterocycles. The molecule has 3 aromatic carbocycles. The zero-order valence-corrected chi connectivity index (χ0v) is 20.2. The van der Waals surface area contributed by atoms with Crippen LogP contribution in [0.15, 0.2) is 70.6 Å². The van der Waals surface area contributed by atoms with Crippen LogP contribution in [0.3, 0.4) is 0 Å². The number of rotatable bonds is 6.